The van der Waals surface area contributed by atoms with Gasteiger partial charge in [0.1, 0.15) is 40.2 Å². The third-order valence-corrected chi connectivity index (χ3v) is 21.9. The largest absolute Gasteiger partial charge is 0.508 e. The average Bonchev–Trinajstić information content (AvgIpc) is 0.868. The van der Waals surface area contributed by atoms with Crippen LogP contribution in [0.1, 0.15) is 279 Å². The molecule has 8 aromatic carbocycles. The van der Waals surface area contributed by atoms with Crippen LogP contribution in [0.2, 0.25) is 0 Å². The maximum Gasteiger partial charge on any atom is 0.218 e. The zero-order valence-electron chi connectivity index (χ0n) is 79.9. The summed E-state index contributed by atoms with van der Waals surface area (Å²) in [5, 5.41) is 141. The summed E-state index contributed by atoms with van der Waals surface area (Å²) in [6.07, 6.45) is 30.2. The van der Waals surface area contributed by atoms with Crippen molar-refractivity contribution < 1.29 is 106 Å². The SMILES string of the molecule is CC.Cc1cc(C(=O)C(O)O)ccc1O.F.NCCCCCCOCCCc1ccc(OCCCCCCN)cc1.OCCCc1ccc(O)cc1.OCc1cc(C(O)CNCCCCCCOCCCCCCc2ccccc2)ccc1O.OCc1cc(C(O)CNCCCCCCOCCCc2ccc(OCCCCCCNCC(O)c3ccc(O)c(CO)c3)cc2)ccc1O.[3HH]. The molecule has 0 spiro atoms. The number of ketones is 1. The molecule has 3 unspecified atom stereocenters. The minimum atomic E-state index is -2.00. The van der Waals surface area contributed by atoms with Gasteiger partial charge in [0.05, 0.1) is 51.3 Å². The lowest BCUT2D eigenvalue weighted by atomic mass is 10.1. The molecule has 0 saturated heterocycles. The van der Waals surface area contributed by atoms with Crippen LogP contribution in [0.5, 0.6) is 40.2 Å². The molecule has 0 radical (unpaired) electrons. The smallest absolute Gasteiger partial charge is 0.218 e. The molecule has 8 rings (SSSR count). The fraction of sp³-hybridized carbons (Fsp3) is 0.542. The van der Waals surface area contributed by atoms with E-state index < -0.39 is 30.4 Å². The van der Waals surface area contributed by atoms with Gasteiger partial charge in [0, 0.05) is 89.6 Å². The van der Waals surface area contributed by atoms with Crippen molar-refractivity contribution in [1.82, 2.24) is 16.0 Å². The average molecular weight is 1870 g/mol. The Kier molecular flexibility index (Phi) is 72.9. The molecule has 8 aromatic rings. The standard InChI is InChI=1S/C39H58N2O8.C27H41NO4.C21H38N2O2.C9H10O4.C9H12O2.C2H6.FH.H2/c42-28-33-24-31(13-17-36(33)44)38(46)26-40-19-5-1-3-7-21-48-22-9-10-30-11-15-35(16-12-30)49-23-8-4-2-6-20-41-27-39(47)32-14-18-37(45)34(25-32)29-43;29-22-25-20-24(15-16-26(25)30)27(31)21-28-17-9-2-4-11-19-32-18-10-3-1-6-12-23-13-7-5-8-14-23;22-15-5-1-3-7-17-24-18-9-10-20-11-13-21(14-12-20)25-19-8-4-2-6-16-23;1-5-4-6(2-3-7(5)10)8(11)9(12)13;10-7-1-2-8-3-5-9(11)6-4-8;1-2;;/h11-18,24-25,38-47H,1-10,19-23,26-29H2;5,7-8,13-16,20,27-31H,1-4,6,9-12,17-19,21-22H2;11-14H,1-10,15-19,22-23H2;2-4,9-10,12-13H,1H3;3-6,10-11H,1-2,7H2;1-2H3;2*1H/i;;;;;;;1+2. The van der Waals surface area contributed by atoms with Crippen molar-refractivity contribution in [3.63, 3.8) is 0 Å². The number of aliphatic hydroxyl groups excluding tert-OH is 8. The van der Waals surface area contributed by atoms with Crippen LogP contribution in [0, 0.1) is 6.92 Å². The number of rotatable bonds is 67. The van der Waals surface area contributed by atoms with Crippen LogP contribution in [0.3, 0.4) is 0 Å². The van der Waals surface area contributed by atoms with Crippen molar-refractivity contribution in [1.29, 1.82) is 0 Å². The number of phenols is 5. The number of aryl methyl sites for hydroxylation is 5. The summed E-state index contributed by atoms with van der Waals surface area (Å²) in [5.74, 6) is 1.58. The highest BCUT2D eigenvalue weighted by Gasteiger charge is 2.17. The molecule has 0 fully saturated rings. The Labute approximate surface area is 794 Å². The second kappa shape index (κ2) is 80.5. The van der Waals surface area contributed by atoms with Crippen molar-refractivity contribution in [2.75, 3.05) is 112 Å². The number of unbranched alkanes of at least 4 members (excludes halogenated alkanes) is 18. The van der Waals surface area contributed by atoms with E-state index in [4.69, 9.17) is 60.7 Å². The molecule has 0 bridgehead atoms. The van der Waals surface area contributed by atoms with E-state index in [0.717, 1.165) is 237 Å². The first-order chi connectivity index (χ1) is 64.3. The molecule has 0 aromatic heterocycles. The molecule has 133 heavy (non-hydrogen) atoms. The number of halogens is 1. The summed E-state index contributed by atoms with van der Waals surface area (Å²) in [4.78, 5) is 11.0. The number of carbonyl (C=O) groups excluding carboxylic acids is 1. The van der Waals surface area contributed by atoms with Gasteiger partial charge in [0.15, 0.2) is 0 Å². The maximum atomic E-state index is 11.0. The van der Waals surface area contributed by atoms with Gasteiger partial charge in [-0.3, -0.25) is 9.50 Å². The molecule has 0 aliphatic carbocycles. The molecule has 21 N–H and O–H groups in total. The van der Waals surface area contributed by atoms with Gasteiger partial charge in [-0.1, -0.05) is 176 Å². The van der Waals surface area contributed by atoms with Crippen molar-refractivity contribution in [2.24, 2.45) is 11.5 Å². The number of aliphatic hydroxyl groups is 9. The number of aromatic hydroxyl groups is 5. The van der Waals surface area contributed by atoms with E-state index >= 15 is 0 Å². The Morgan fingerprint density at radius 1 is 0.338 bits per heavy atom. The van der Waals surface area contributed by atoms with Gasteiger partial charge in [0.2, 0.25) is 12.1 Å². The van der Waals surface area contributed by atoms with E-state index in [0.29, 0.717) is 65.2 Å². The highest BCUT2D eigenvalue weighted by atomic mass is 19.0. The monoisotopic (exact) mass is 1860 g/mol. The van der Waals surface area contributed by atoms with E-state index in [9.17, 15) is 50.8 Å². The van der Waals surface area contributed by atoms with Crippen LogP contribution in [0.4, 0.5) is 4.70 Å². The number of ether oxygens (including phenoxy) is 5. The molecule has 25 nitrogen and oxygen atoms in total. The minimum absolute atomic E-state index is 0. The summed E-state index contributed by atoms with van der Waals surface area (Å²) < 4.78 is 28.9. The zero-order chi connectivity index (χ0) is 96.1. The lowest BCUT2D eigenvalue weighted by Crippen LogP contribution is -2.22. The van der Waals surface area contributed by atoms with E-state index in [1.807, 2.05) is 38.1 Å². The quantitative estimate of drug-likeness (QED) is 0.00956. The van der Waals surface area contributed by atoms with Crippen LogP contribution in [-0.2, 0) is 59.7 Å². The van der Waals surface area contributed by atoms with Gasteiger partial charge in [0.25, 0.3) is 0 Å². The summed E-state index contributed by atoms with van der Waals surface area (Å²) >= 11 is 0. The van der Waals surface area contributed by atoms with Crippen LogP contribution in [-0.4, -0.2) is 195 Å². The third kappa shape index (κ3) is 59.0. The first-order valence-corrected chi connectivity index (χ1v) is 48.5. The molecule has 3 atom stereocenters. The Bertz CT molecular complexity index is 4090. The second-order valence-corrected chi connectivity index (χ2v) is 32.9. The number of nitrogens with one attached hydrogen (secondary N) is 3. The molecule has 26 heteroatoms. The lowest BCUT2D eigenvalue weighted by Gasteiger charge is -2.14. The summed E-state index contributed by atoms with van der Waals surface area (Å²) in [7, 11) is 0. The maximum absolute atomic E-state index is 11.0. The van der Waals surface area contributed by atoms with Crippen LogP contribution in [0.15, 0.2) is 176 Å². The molecule has 0 aliphatic heterocycles. The number of carbonyl (C=O) groups is 1. The van der Waals surface area contributed by atoms with Crippen molar-refractivity contribution in [2.45, 2.75) is 264 Å². The number of nitrogens with two attached hydrogens (primary N) is 2. The Morgan fingerprint density at radius 3 is 0.992 bits per heavy atom. The Hall–Kier alpha value is -8.72. The Balaban J connectivity index is 0.000000909. The number of Topliss-reactive ketones (excluding diaryl/α,β-unsaturated/α-hetero) is 1. The van der Waals surface area contributed by atoms with Crippen molar-refractivity contribution >= 4 is 5.78 Å². The Morgan fingerprint density at radius 2 is 0.647 bits per heavy atom. The second-order valence-electron chi connectivity index (χ2n) is 32.9. The molecule has 0 amide bonds. The zero-order valence-corrected chi connectivity index (χ0v) is 79.9. The predicted octanol–water partition coefficient (Wildman–Crippen LogP) is 17.1. The molecule has 0 saturated carbocycles. The first-order valence-electron chi connectivity index (χ1n) is 48.5. The van der Waals surface area contributed by atoms with E-state index in [1.54, 1.807) is 55.5 Å². The fourth-order valence-corrected chi connectivity index (χ4v) is 13.9. The van der Waals surface area contributed by atoms with Crippen LogP contribution < -0.4 is 36.9 Å². The number of hydrogen-bond acceptors (Lipinski definition) is 25. The third-order valence-electron chi connectivity index (χ3n) is 21.9. The minimum Gasteiger partial charge on any atom is -0.508 e. The summed E-state index contributed by atoms with van der Waals surface area (Å²) in [5.41, 5.74) is 20.2. The van der Waals surface area contributed by atoms with Gasteiger partial charge in [-0.25, -0.2) is 0 Å². The number of hydrogen-bond donors (Lipinski definition) is 19. The molecular weight excluding hydrogens is 1690 g/mol. The fourth-order valence-electron chi connectivity index (χ4n) is 13.9. The molecule has 0 heterocycles. The summed E-state index contributed by atoms with van der Waals surface area (Å²) in [6.45, 7) is 17.0. The van der Waals surface area contributed by atoms with Gasteiger partial charge in [-0.2, -0.15) is 0 Å². The number of benzene rings is 8. The van der Waals surface area contributed by atoms with E-state index in [-0.39, 0.29) is 66.9 Å². The van der Waals surface area contributed by atoms with Crippen molar-refractivity contribution in [3.8, 4) is 40.2 Å². The molecule has 748 valence electrons. The normalized spacial score (nSPS) is 11.5. The highest BCUT2D eigenvalue weighted by molar-refractivity contribution is 5.98. The van der Waals surface area contributed by atoms with E-state index in [2.05, 4.69) is 82.7 Å². The molecular formula is C107H168FN5O20. The van der Waals surface area contributed by atoms with Crippen LogP contribution >= 0.6 is 0 Å². The van der Waals surface area contributed by atoms with Crippen molar-refractivity contribution in [3.05, 3.63) is 243 Å². The first kappa shape index (κ1) is 120. The number of phenolic OH excluding ortho intramolecular Hbond substituents is 2. The lowest BCUT2D eigenvalue weighted by molar-refractivity contribution is -0.0195. The predicted molar refractivity (Wildman–Crippen MR) is 532 cm³/mol. The topological polar surface area (TPSA) is 435 Å². The van der Waals surface area contributed by atoms with Gasteiger partial charge >= 0.3 is 0 Å². The van der Waals surface area contributed by atoms with Gasteiger partial charge in [-0.15, -0.1) is 0 Å². The summed E-state index contributed by atoms with van der Waals surface area (Å²) in [6, 6.07) is 53.1. The van der Waals surface area contributed by atoms with E-state index in [1.165, 1.54) is 111 Å². The highest BCUT2D eigenvalue weighted by Crippen LogP contribution is 2.27. The van der Waals surface area contributed by atoms with Gasteiger partial charge < -0.3 is 123 Å². The molecule has 0 aliphatic rings. The van der Waals surface area contributed by atoms with Crippen LogP contribution in [0.25, 0.3) is 0 Å². The van der Waals surface area contributed by atoms with Gasteiger partial charge in [-0.05, 0) is 297 Å².